The zero-order chi connectivity index (χ0) is 20.3. The Morgan fingerprint density at radius 1 is 1.18 bits per heavy atom. The lowest BCUT2D eigenvalue weighted by Crippen LogP contribution is -2.15. The maximum absolute atomic E-state index is 13.0. The fourth-order valence-electron chi connectivity index (χ4n) is 2.78. The van der Waals surface area contributed by atoms with Crippen LogP contribution >= 0.6 is 11.6 Å². The summed E-state index contributed by atoms with van der Waals surface area (Å²) in [4.78, 5) is 12.2. The van der Waals surface area contributed by atoms with E-state index in [2.05, 4.69) is 5.32 Å². The minimum atomic E-state index is -3.80. The van der Waals surface area contributed by atoms with Gasteiger partial charge in [0.25, 0.3) is 10.0 Å². The predicted octanol–water partition coefficient (Wildman–Crippen LogP) is 5.19. The number of unbranched alkanes of at least 4 members (excludes halogenated alkanes) is 1. The van der Waals surface area contributed by atoms with Crippen molar-refractivity contribution >= 4 is 44.3 Å². The molecule has 1 amide bonds. The molecular formula is C20H21ClN2O4S. The smallest absolute Gasteiger partial charge is 0.411 e. The quantitative estimate of drug-likeness (QED) is 0.557. The maximum Gasteiger partial charge on any atom is 0.411 e. The number of aromatic nitrogens is 1. The van der Waals surface area contributed by atoms with E-state index in [4.69, 9.17) is 16.3 Å². The van der Waals surface area contributed by atoms with Gasteiger partial charge in [0.15, 0.2) is 0 Å². The van der Waals surface area contributed by atoms with Gasteiger partial charge in [0.2, 0.25) is 0 Å². The van der Waals surface area contributed by atoms with E-state index in [1.54, 1.807) is 42.5 Å². The molecule has 0 atom stereocenters. The van der Waals surface area contributed by atoms with Gasteiger partial charge in [-0.15, -0.1) is 0 Å². The molecule has 0 aliphatic carbocycles. The molecule has 148 valence electrons. The SMILES string of the molecule is CCCCOC(=O)Nc1cc(Cl)cc2c1ccn2S(=O)(=O)c1ccc(C)cc1. The molecule has 1 N–H and O–H groups in total. The third kappa shape index (κ3) is 4.15. The number of ether oxygens (including phenoxy) is 1. The van der Waals surface area contributed by atoms with E-state index in [0.717, 1.165) is 22.4 Å². The molecule has 2 aromatic carbocycles. The third-order valence-corrected chi connectivity index (χ3v) is 6.20. The molecule has 3 rings (SSSR count). The van der Waals surface area contributed by atoms with Crippen LogP contribution in [0.3, 0.4) is 0 Å². The Morgan fingerprint density at radius 2 is 1.89 bits per heavy atom. The number of aryl methyl sites for hydroxylation is 1. The number of anilines is 1. The predicted molar refractivity (Wildman–Crippen MR) is 111 cm³/mol. The van der Waals surface area contributed by atoms with Crippen molar-refractivity contribution in [3.63, 3.8) is 0 Å². The van der Waals surface area contributed by atoms with Crippen LogP contribution in [0.4, 0.5) is 10.5 Å². The number of carbonyl (C=O) groups is 1. The first-order chi connectivity index (χ1) is 13.3. The molecule has 0 fully saturated rings. The van der Waals surface area contributed by atoms with Gasteiger partial charge in [-0.2, -0.15) is 0 Å². The lowest BCUT2D eigenvalue weighted by molar-refractivity contribution is 0.160. The molecule has 3 aromatic rings. The zero-order valence-electron chi connectivity index (χ0n) is 15.6. The Hall–Kier alpha value is -2.51. The van der Waals surface area contributed by atoms with Crippen molar-refractivity contribution in [3.8, 4) is 0 Å². The van der Waals surface area contributed by atoms with Gasteiger partial charge in [0, 0.05) is 16.6 Å². The third-order valence-electron chi connectivity index (χ3n) is 4.28. The molecular weight excluding hydrogens is 400 g/mol. The van der Waals surface area contributed by atoms with E-state index in [-0.39, 0.29) is 4.90 Å². The first-order valence-electron chi connectivity index (χ1n) is 8.89. The van der Waals surface area contributed by atoms with E-state index < -0.39 is 16.1 Å². The van der Waals surface area contributed by atoms with Gasteiger partial charge >= 0.3 is 6.09 Å². The molecule has 0 aliphatic rings. The molecule has 8 heteroatoms. The molecule has 0 radical (unpaired) electrons. The van der Waals surface area contributed by atoms with Crippen molar-refractivity contribution < 1.29 is 17.9 Å². The molecule has 0 saturated heterocycles. The first-order valence-corrected chi connectivity index (χ1v) is 10.7. The first kappa shape index (κ1) is 20.2. The number of hydrogen-bond acceptors (Lipinski definition) is 4. The summed E-state index contributed by atoms with van der Waals surface area (Å²) in [6, 6.07) is 11.3. The van der Waals surface area contributed by atoms with Crippen LogP contribution in [0.1, 0.15) is 25.3 Å². The number of halogens is 1. The summed E-state index contributed by atoms with van der Waals surface area (Å²) in [5.41, 5.74) is 1.73. The number of hydrogen-bond donors (Lipinski definition) is 1. The number of fused-ring (bicyclic) bond motifs is 1. The van der Waals surface area contributed by atoms with Crippen molar-refractivity contribution in [1.82, 2.24) is 3.97 Å². The van der Waals surface area contributed by atoms with Crippen molar-refractivity contribution in [1.29, 1.82) is 0 Å². The number of benzene rings is 2. The van der Waals surface area contributed by atoms with Gasteiger partial charge in [0.1, 0.15) is 0 Å². The second kappa shape index (κ2) is 8.24. The zero-order valence-corrected chi connectivity index (χ0v) is 17.2. The number of carbonyl (C=O) groups excluding carboxylic acids is 1. The largest absolute Gasteiger partial charge is 0.449 e. The second-order valence-corrected chi connectivity index (χ2v) is 8.68. The highest BCUT2D eigenvalue weighted by molar-refractivity contribution is 7.90. The molecule has 0 unspecified atom stereocenters. The summed E-state index contributed by atoms with van der Waals surface area (Å²) in [5.74, 6) is 0. The summed E-state index contributed by atoms with van der Waals surface area (Å²) in [6.45, 7) is 4.20. The molecule has 1 aromatic heterocycles. The summed E-state index contributed by atoms with van der Waals surface area (Å²) < 4.78 is 32.4. The van der Waals surface area contributed by atoms with Crippen molar-refractivity contribution in [2.75, 3.05) is 11.9 Å². The number of nitrogens with one attached hydrogen (secondary N) is 1. The van der Waals surface area contributed by atoms with Crippen LogP contribution < -0.4 is 5.32 Å². The van der Waals surface area contributed by atoms with E-state index in [9.17, 15) is 13.2 Å². The summed E-state index contributed by atoms with van der Waals surface area (Å²) in [7, 11) is -3.80. The van der Waals surface area contributed by atoms with Crippen LogP contribution in [-0.4, -0.2) is 25.1 Å². The molecule has 0 aliphatic heterocycles. The van der Waals surface area contributed by atoms with E-state index >= 15 is 0 Å². The Kier molecular flexibility index (Phi) is 5.96. The van der Waals surface area contributed by atoms with Crippen LogP contribution in [0, 0.1) is 6.92 Å². The monoisotopic (exact) mass is 420 g/mol. The molecule has 0 saturated carbocycles. The van der Waals surface area contributed by atoms with Gasteiger partial charge in [-0.25, -0.2) is 17.2 Å². The van der Waals surface area contributed by atoms with E-state index in [0.29, 0.717) is 28.2 Å². The molecule has 6 nitrogen and oxygen atoms in total. The Morgan fingerprint density at radius 3 is 2.57 bits per heavy atom. The fourth-order valence-corrected chi connectivity index (χ4v) is 4.33. The minimum absolute atomic E-state index is 0.170. The molecule has 1 heterocycles. The Bertz CT molecular complexity index is 1110. The lowest BCUT2D eigenvalue weighted by atomic mass is 10.2. The van der Waals surface area contributed by atoms with Crippen LogP contribution in [0.15, 0.2) is 53.6 Å². The summed E-state index contributed by atoms with van der Waals surface area (Å²) >= 11 is 6.18. The van der Waals surface area contributed by atoms with Gasteiger partial charge in [-0.05, 0) is 43.7 Å². The number of rotatable bonds is 6. The topological polar surface area (TPSA) is 77.4 Å². The van der Waals surface area contributed by atoms with Crippen LogP contribution in [0.25, 0.3) is 10.9 Å². The highest BCUT2D eigenvalue weighted by atomic mass is 35.5. The average Bonchev–Trinajstić information content (AvgIpc) is 3.07. The lowest BCUT2D eigenvalue weighted by Gasteiger charge is -2.11. The van der Waals surface area contributed by atoms with E-state index in [1.807, 2.05) is 13.8 Å². The molecule has 0 spiro atoms. The summed E-state index contributed by atoms with van der Waals surface area (Å²) in [6.07, 6.45) is 2.52. The Labute approximate surface area is 169 Å². The van der Waals surface area contributed by atoms with Crippen molar-refractivity contribution in [2.24, 2.45) is 0 Å². The number of amides is 1. The highest BCUT2D eigenvalue weighted by Crippen LogP contribution is 2.31. The normalized spacial score (nSPS) is 11.5. The summed E-state index contributed by atoms with van der Waals surface area (Å²) in [5, 5.41) is 3.49. The van der Waals surface area contributed by atoms with Gasteiger partial charge in [0.05, 0.1) is 22.7 Å². The van der Waals surface area contributed by atoms with Crippen LogP contribution in [0.5, 0.6) is 0 Å². The average molecular weight is 421 g/mol. The van der Waals surface area contributed by atoms with E-state index in [1.165, 1.54) is 6.20 Å². The highest BCUT2D eigenvalue weighted by Gasteiger charge is 2.21. The Balaban J connectivity index is 1.99. The van der Waals surface area contributed by atoms with Crippen molar-refractivity contribution in [2.45, 2.75) is 31.6 Å². The van der Waals surface area contributed by atoms with Crippen LogP contribution in [-0.2, 0) is 14.8 Å². The van der Waals surface area contributed by atoms with Crippen molar-refractivity contribution in [3.05, 3.63) is 59.2 Å². The van der Waals surface area contributed by atoms with Gasteiger partial charge in [-0.1, -0.05) is 42.6 Å². The maximum atomic E-state index is 13.0. The van der Waals surface area contributed by atoms with Crippen LogP contribution in [0.2, 0.25) is 5.02 Å². The standard InChI is InChI=1S/C20H21ClN2O4S/c1-3-4-11-27-20(24)22-18-12-15(21)13-19-17(18)9-10-23(19)28(25,26)16-7-5-14(2)6-8-16/h5-10,12-13H,3-4,11H2,1-2H3,(H,22,24). The fraction of sp³-hybridized carbons (Fsp3) is 0.250. The van der Waals surface area contributed by atoms with Gasteiger partial charge in [-0.3, -0.25) is 5.32 Å². The van der Waals surface area contributed by atoms with Gasteiger partial charge < -0.3 is 4.74 Å². The molecule has 0 bridgehead atoms. The second-order valence-electron chi connectivity index (χ2n) is 6.43. The minimum Gasteiger partial charge on any atom is -0.449 e. The number of nitrogens with zero attached hydrogens (tertiary/aromatic N) is 1. The molecule has 28 heavy (non-hydrogen) atoms.